The number of hydrogen-bond donors (Lipinski definition) is 0. The lowest BCUT2D eigenvalue weighted by atomic mass is 10.2. The summed E-state index contributed by atoms with van der Waals surface area (Å²) in [6, 6.07) is 1.36. The first-order valence-electron chi connectivity index (χ1n) is 5.43. The number of allylic oxidation sites excluding steroid dienone is 4. The summed E-state index contributed by atoms with van der Waals surface area (Å²) in [7, 11) is 0. The fourth-order valence-electron chi connectivity index (χ4n) is 1.64. The Bertz CT molecular complexity index is 244. The Morgan fingerprint density at radius 1 is 1.21 bits per heavy atom. The Morgan fingerprint density at radius 2 is 1.93 bits per heavy atom. The molecule has 0 aromatic heterocycles. The quantitative estimate of drug-likeness (QED) is 0.601. The highest BCUT2D eigenvalue weighted by molar-refractivity contribution is 5.41. The van der Waals surface area contributed by atoms with Crippen LogP contribution in [0.25, 0.3) is 0 Å². The molecule has 0 aromatic rings. The summed E-state index contributed by atoms with van der Waals surface area (Å²) in [5.74, 6) is 0. The number of likely N-dealkylation sites (N-methyl/N-ethyl adjacent to an activating group) is 1. The molecule has 1 aliphatic rings. The van der Waals surface area contributed by atoms with E-state index in [4.69, 9.17) is 0 Å². The van der Waals surface area contributed by atoms with Gasteiger partial charge in [-0.1, -0.05) is 44.2 Å². The monoisotopic (exact) mass is 190 g/mol. The van der Waals surface area contributed by atoms with Gasteiger partial charge in [0.25, 0.3) is 0 Å². The van der Waals surface area contributed by atoms with Crippen LogP contribution in [0.5, 0.6) is 0 Å². The van der Waals surface area contributed by atoms with Gasteiger partial charge in [-0.2, -0.15) is 0 Å². The maximum Gasteiger partial charge on any atom is 0.0844 e. The molecule has 1 aliphatic carbocycles. The van der Waals surface area contributed by atoms with Gasteiger partial charge in [-0.3, -0.25) is 4.90 Å². The third kappa shape index (κ3) is 2.85. The summed E-state index contributed by atoms with van der Waals surface area (Å²) in [5.41, 5.74) is 1.41. The molecule has 0 bridgehead atoms. The summed E-state index contributed by atoms with van der Waals surface area (Å²) in [6.07, 6.45) is 12.1. The molecule has 0 fully saturated rings. The van der Waals surface area contributed by atoms with Gasteiger partial charge in [0.2, 0.25) is 0 Å². The number of hydrogen-bond acceptors (Lipinski definition) is 1. The van der Waals surface area contributed by atoms with E-state index in [0.717, 1.165) is 19.5 Å². The van der Waals surface area contributed by atoms with E-state index in [9.17, 15) is 0 Å². The average Bonchev–Trinajstić information content (AvgIpc) is 2.65. The van der Waals surface area contributed by atoms with E-state index in [-0.39, 0.29) is 0 Å². The van der Waals surface area contributed by atoms with Crippen LogP contribution < -0.4 is 0 Å². The molecule has 0 amide bonds. The van der Waals surface area contributed by atoms with E-state index < -0.39 is 0 Å². The highest BCUT2D eigenvalue weighted by Crippen LogP contribution is 2.23. The van der Waals surface area contributed by atoms with Crippen molar-refractivity contribution in [2.75, 3.05) is 13.1 Å². The summed E-state index contributed by atoms with van der Waals surface area (Å²) in [5, 5.41) is 0. The molecule has 0 atom stereocenters. The molecule has 0 heterocycles. The molecule has 0 spiro atoms. The molecule has 1 nitrogen and oxygen atoms in total. The molecular formula is C13H20N. The lowest BCUT2D eigenvalue weighted by molar-refractivity contribution is 0.356. The Labute approximate surface area is 87.8 Å². The second-order valence-electron chi connectivity index (χ2n) is 3.42. The first-order chi connectivity index (χ1) is 6.81. The molecule has 1 radical (unpaired) electrons. The van der Waals surface area contributed by atoms with Crippen molar-refractivity contribution in [3.8, 4) is 0 Å². The third-order valence-electron chi connectivity index (χ3n) is 2.52. The van der Waals surface area contributed by atoms with E-state index in [1.165, 1.54) is 11.6 Å². The van der Waals surface area contributed by atoms with Crippen LogP contribution in [0.4, 0.5) is 0 Å². The molecule has 1 heteroatoms. The van der Waals surface area contributed by atoms with Gasteiger partial charge >= 0.3 is 0 Å². The average molecular weight is 190 g/mol. The predicted molar refractivity (Wildman–Crippen MR) is 62.8 cm³/mol. The first kappa shape index (κ1) is 11.3. The van der Waals surface area contributed by atoms with Crippen LogP contribution in [0.2, 0.25) is 0 Å². The number of rotatable bonds is 5. The molecule has 1 rings (SSSR count). The maximum absolute atomic E-state index is 2.37. The van der Waals surface area contributed by atoms with E-state index in [0.29, 0.717) is 0 Å². The largest absolute Gasteiger partial charge is 0.289 e. The highest BCUT2D eigenvalue weighted by Gasteiger charge is 2.14. The fourth-order valence-corrected chi connectivity index (χ4v) is 1.64. The van der Waals surface area contributed by atoms with Crippen LogP contribution in [-0.4, -0.2) is 18.0 Å². The normalized spacial score (nSPS) is 17.3. The van der Waals surface area contributed by atoms with Gasteiger partial charge in [-0.15, -0.1) is 0 Å². The van der Waals surface area contributed by atoms with E-state index in [1.54, 1.807) is 0 Å². The van der Waals surface area contributed by atoms with E-state index >= 15 is 0 Å². The molecule has 0 N–H and O–H groups in total. The zero-order chi connectivity index (χ0) is 10.4. The zero-order valence-electron chi connectivity index (χ0n) is 9.46. The van der Waals surface area contributed by atoms with Crippen molar-refractivity contribution >= 4 is 0 Å². The van der Waals surface area contributed by atoms with Crippen molar-refractivity contribution in [3.05, 3.63) is 42.0 Å². The van der Waals surface area contributed by atoms with Gasteiger partial charge < -0.3 is 0 Å². The summed E-state index contributed by atoms with van der Waals surface area (Å²) in [4.78, 5) is 2.37. The van der Waals surface area contributed by atoms with Crippen LogP contribution in [0.1, 0.15) is 27.2 Å². The van der Waals surface area contributed by atoms with E-state index in [1.807, 2.05) is 0 Å². The van der Waals surface area contributed by atoms with Crippen LogP contribution in [0.15, 0.2) is 36.0 Å². The van der Waals surface area contributed by atoms with Crippen LogP contribution in [0, 0.1) is 6.04 Å². The molecule has 0 aliphatic heterocycles. The fraction of sp³-hybridized carbons (Fsp3) is 0.462. The summed E-state index contributed by atoms with van der Waals surface area (Å²) < 4.78 is 0. The first-order valence-corrected chi connectivity index (χ1v) is 5.43. The standard InChI is InChI=1S/C13H20N/c1-4-7-8-12-9-10-13(11-12)14(5-2)6-3/h4,7,9-11H,5-6,8H2,1-3H3/b7-4+. The summed E-state index contributed by atoms with van der Waals surface area (Å²) >= 11 is 0. The van der Waals surface area contributed by atoms with Gasteiger partial charge in [-0.25, -0.2) is 0 Å². The SMILES string of the molecule is C/C=C/CC1=C[C](N(CC)CC)C=C1. The Kier molecular flexibility index (Phi) is 4.68. The topological polar surface area (TPSA) is 3.24 Å². The maximum atomic E-state index is 2.37. The van der Waals surface area contributed by atoms with Gasteiger partial charge in [0.05, 0.1) is 6.04 Å². The van der Waals surface area contributed by atoms with Crippen molar-refractivity contribution in [1.82, 2.24) is 4.90 Å². The van der Waals surface area contributed by atoms with Crippen LogP contribution in [0.3, 0.4) is 0 Å². The van der Waals surface area contributed by atoms with Crippen LogP contribution in [-0.2, 0) is 0 Å². The van der Waals surface area contributed by atoms with Crippen molar-refractivity contribution in [1.29, 1.82) is 0 Å². The lowest BCUT2D eigenvalue weighted by Crippen LogP contribution is -2.25. The lowest BCUT2D eigenvalue weighted by Gasteiger charge is -2.21. The van der Waals surface area contributed by atoms with E-state index in [2.05, 4.69) is 56.1 Å². The predicted octanol–water partition coefficient (Wildman–Crippen LogP) is 3.32. The minimum absolute atomic E-state index is 1.05. The molecule has 77 valence electrons. The van der Waals surface area contributed by atoms with Crippen molar-refractivity contribution in [3.63, 3.8) is 0 Å². The van der Waals surface area contributed by atoms with Gasteiger partial charge in [0.1, 0.15) is 0 Å². The smallest absolute Gasteiger partial charge is 0.0844 e. The molecule has 0 aromatic carbocycles. The second kappa shape index (κ2) is 5.82. The highest BCUT2D eigenvalue weighted by atomic mass is 15.1. The van der Waals surface area contributed by atoms with Gasteiger partial charge in [0, 0.05) is 0 Å². The minimum atomic E-state index is 1.05. The Morgan fingerprint density at radius 3 is 2.50 bits per heavy atom. The van der Waals surface area contributed by atoms with Crippen LogP contribution >= 0.6 is 0 Å². The van der Waals surface area contributed by atoms with Crippen molar-refractivity contribution in [2.45, 2.75) is 27.2 Å². The van der Waals surface area contributed by atoms with Crippen molar-refractivity contribution in [2.24, 2.45) is 0 Å². The molecule has 0 saturated heterocycles. The number of nitrogens with zero attached hydrogens (tertiary/aromatic N) is 1. The Hall–Kier alpha value is -0.820. The Balaban J connectivity index is 2.53. The van der Waals surface area contributed by atoms with Crippen molar-refractivity contribution < 1.29 is 0 Å². The molecule has 0 unspecified atom stereocenters. The molecular weight excluding hydrogens is 170 g/mol. The summed E-state index contributed by atoms with van der Waals surface area (Å²) in [6.45, 7) is 8.63. The molecule has 0 saturated carbocycles. The van der Waals surface area contributed by atoms with Gasteiger partial charge in [0.15, 0.2) is 0 Å². The zero-order valence-corrected chi connectivity index (χ0v) is 9.46. The minimum Gasteiger partial charge on any atom is -0.289 e. The van der Waals surface area contributed by atoms with Gasteiger partial charge in [-0.05, 0) is 32.0 Å². The molecule has 14 heavy (non-hydrogen) atoms. The third-order valence-corrected chi connectivity index (χ3v) is 2.52. The second-order valence-corrected chi connectivity index (χ2v) is 3.42.